The van der Waals surface area contributed by atoms with E-state index in [2.05, 4.69) is 4.84 Å². The normalized spacial score (nSPS) is 31.4. The fourth-order valence-electron chi connectivity index (χ4n) is 1.63. The van der Waals surface area contributed by atoms with Crippen LogP contribution in [0, 0.1) is 10.1 Å². The molecule has 1 saturated carbocycles. The highest BCUT2D eigenvalue weighted by atomic mass is 17.0. The Morgan fingerprint density at radius 1 is 1.71 bits per heavy atom. The first-order valence-electron chi connectivity index (χ1n) is 4.10. The molecule has 1 rings (SSSR count). The maximum atomic E-state index is 10.8. The Morgan fingerprint density at radius 2 is 2.36 bits per heavy atom. The fourth-order valence-corrected chi connectivity index (χ4v) is 1.63. The van der Waals surface area contributed by atoms with Gasteiger partial charge in [0.05, 0.1) is 6.10 Å². The highest BCUT2D eigenvalue weighted by Crippen LogP contribution is 2.35. The summed E-state index contributed by atoms with van der Waals surface area (Å²) < 4.78 is 4.93. The second-order valence-electron chi connectivity index (χ2n) is 3.21. The topological polar surface area (TPSA) is 98.9 Å². The van der Waals surface area contributed by atoms with E-state index < -0.39 is 16.7 Å². The average molecular weight is 205 g/mol. The van der Waals surface area contributed by atoms with Gasteiger partial charge < -0.3 is 9.84 Å². The molecule has 0 saturated heterocycles. The summed E-state index contributed by atoms with van der Waals surface area (Å²) >= 11 is 0. The molecule has 0 amide bonds. The monoisotopic (exact) mass is 205 g/mol. The largest absolute Gasteiger partial charge is 0.479 e. The second kappa shape index (κ2) is 3.79. The van der Waals surface area contributed by atoms with Gasteiger partial charge in [0, 0.05) is 13.5 Å². The van der Waals surface area contributed by atoms with Crippen molar-refractivity contribution >= 4 is 5.97 Å². The van der Waals surface area contributed by atoms with Crippen molar-refractivity contribution in [1.82, 2.24) is 0 Å². The van der Waals surface area contributed by atoms with E-state index in [1.165, 1.54) is 7.11 Å². The van der Waals surface area contributed by atoms with E-state index in [0.29, 0.717) is 6.42 Å². The average Bonchev–Trinajstić information content (AvgIpc) is 2.48. The summed E-state index contributed by atoms with van der Waals surface area (Å²) in [6, 6.07) is 0. The number of rotatable bonds is 4. The maximum Gasteiger partial charge on any atom is 0.336 e. The van der Waals surface area contributed by atoms with Gasteiger partial charge in [0.2, 0.25) is 5.60 Å². The molecular formula is C7H11NO6. The van der Waals surface area contributed by atoms with Crippen LogP contribution < -0.4 is 0 Å². The first-order valence-corrected chi connectivity index (χ1v) is 4.10. The second-order valence-corrected chi connectivity index (χ2v) is 3.21. The Kier molecular flexibility index (Phi) is 2.90. The van der Waals surface area contributed by atoms with Crippen LogP contribution in [0.1, 0.15) is 19.3 Å². The predicted octanol–water partition coefficient (Wildman–Crippen LogP) is 0.217. The zero-order valence-corrected chi connectivity index (χ0v) is 7.63. The molecule has 0 radical (unpaired) electrons. The molecule has 7 heteroatoms. The van der Waals surface area contributed by atoms with Crippen LogP contribution in [0.3, 0.4) is 0 Å². The standard InChI is InChI=1S/C7H11NO6/c1-13-5-2-3-7(4-5,6(9)10)14-8(11)12/h5H,2-4H2,1H3,(H,9,10). The minimum Gasteiger partial charge on any atom is -0.479 e. The van der Waals surface area contributed by atoms with E-state index in [9.17, 15) is 14.9 Å². The molecule has 1 aliphatic rings. The van der Waals surface area contributed by atoms with Gasteiger partial charge in [-0.3, -0.25) is 4.84 Å². The van der Waals surface area contributed by atoms with E-state index >= 15 is 0 Å². The summed E-state index contributed by atoms with van der Waals surface area (Å²) in [5.41, 5.74) is -1.72. The van der Waals surface area contributed by atoms with Crippen molar-refractivity contribution in [1.29, 1.82) is 0 Å². The molecule has 0 bridgehead atoms. The first kappa shape index (κ1) is 10.7. The number of methoxy groups -OCH3 is 1. The molecule has 1 aliphatic carbocycles. The minimum atomic E-state index is -1.72. The van der Waals surface area contributed by atoms with Gasteiger partial charge in [-0.15, -0.1) is 10.1 Å². The Hall–Kier alpha value is -1.37. The van der Waals surface area contributed by atoms with Crippen LogP contribution in [0.15, 0.2) is 0 Å². The Morgan fingerprint density at radius 3 is 2.71 bits per heavy atom. The molecule has 0 heterocycles. The highest BCUT2D eigenvalue weighted by molar-refractivity contribution is 5.77. The van der Waals surface area contributed by atoms with Gasteiger partial charge in [0.15, 0.2) is 0 Å². The Bertz CT molecular complexity index is 255. The SMILES string of the molecule is COC1CCC(O[N+](=O)[O-])(C(=O)O)C1. The quantitative estimate of drug-likeness (QED) is 0.520. The van der Waals surface area contributed by atoms with Crippen molar-refractivity contribution in [2.45, 2.75) is 31.0 Å². The summed E-state index contributed by atoms with van der Waals surface area (Å²) in [6.45, 7) is 0. The van der Waals surface area contributed by atoms with Crippen LogP contribution in [0.4, 0.5) is 0 Å². The van der Waals surface area contributed by atoms with Crippen molar-refractivity contribution in [2.24, 2.45) is 0 Å². The lowest BCUT2D eigenvalue weighted by Crippen LogP contribution is -2.41. The third kappa shape index (κ3) is 1.92. The number of ether oxygens (including phenoxy) is 1. The number of nitrogens with zero attached hydrogens (tertiary/aromatic N) is 1. The molecule has 80 valence electrons. The molecule has 2 atom stereocenters. The number of carboxylic acids is 1. The van der Waals surface area contributed by atoms with Crippen molar-refractivity contribution < 1.29 is 24.6 Å². The number of hydrogen-bond donors (Lipinski definition) is 1. The van der Waals surface area contributed by atoms with Gasteiger partial charge in [-0.25, -0.2) is 4.79 Å². The first-order chi connectivity index (χ1) is 6.50. The molecule has 0 aliphatic heterocycles. The lowest BCUT2D eigenvalue weighted by Gasteiger charge is -2.20. The zero-order chi connectivity index (χ0) is 10.8. The van der Waals surface area contributed by atoms with E-state index in [1.807, 2.05) is 0 Å². The van der Waals surface area contributed by atoms with Crippen LogP contribution in [-0.2, 0) is 14.4 Å². The lowest BCUT2D eigenvalue weighted by atomic mass is 10.0. The van der Waals surface area contributed by atoms with Gasteiger partial charge in [-0.2, -0.15) is 0 Å². The molecule has 0 spiro atoms. The van der Waals surface area contributed by atoms with Gasteiger partial charge in [-0.1, -0.05) is 0 Å². The molecule has 0 aromatic rings. The van der Waals surface area contributed by atoms with E-state index in [-0.39, 0.29) is 18.9 Å². The van der Waals surface area contributed by atoms with Crippen LogP contribution in [0.5, 0.6) is 0 Å². The summed E-state index contributed by atoms with van der Waals surface area (Å²) in [5, 5.41) is 17.9. The smallest absolute Gasteiger partial charge is 0.336 e. The minimum absolute atomic E-state index is 0.0137. The van der Waals surface area contributed by atoms with Crippen LogP contribution in [0.25, 0.3) is 0 Å². The molecule has 0 aromatic heterocycles. The summed E-state index contributed by atoms with van der Waals surface area (Å²) in [4.78, 5) is 25.2. The molecule has 14 heavy (non-hydrogen) atoms. The maximum absolute atomic E-state index is 10.8. The van der Waals surface area contributed by atoms with E-state index in [1.54, 1.807) is 0 Å². The van der Waals surface area contributed by atoms with Crippen LogP contribution >= 0.6 is 0 Å². The summed E-state index contributed by atoms with van der Waals surface area (Å²) in [6.07, 6.45) is 0.282. The van der Waals surface area contributed by atoms with Gasteiger partial charge in [-0.05, 0) is 12.8 Å². The van der Waals surface area contributed by atoms with Crippen molar-refractivity contribution in [2.75, 3.05) is 7.11 Å². The van der Waals surface area contributed by atoms with Gasteiger partial charge in [0.1, 0.15) is 0 Å². The Balaban J connectivity index is 2.75. The number of carboxylic acid groups (broad SMARTS) is 1. The number of aliphatic carboxylic acids is 1. The summed E-state index contributed by atoms with van der Waals surface area (Å²) in [7, 11) is 1.44. The van der Waals surface area contributed by atoms with Crippen molar-refractivity contribution in [3.63, 3.8) is 0 Å². The Labute approximate surface area is 79.7 Å². The fraction of sp³-hybridized carbons (Fsp3) is 0.857. The van der Waals surface area contributed by atoms with Gasteiger partial charge >= 0.3 is 5.97 Å². The molecule has 2 unspecified atom stereocenters. The van der Waals surface area contributed by atoms with Crippen LogP contribution in [0.2, 0.25) is 0 Å². The highest BCUT2D eigenvalue weighted by Gasteiger charge is 2.49. The van der Waals surface area contributed by atoms with Crippen molar-refractivity contribution in [3.05, 3.63) is 10.1 Å². The molecule has 7 nitrogen and oxygen atoms in total. The zero-order valence-electron chi connectivity index (χ0n) is 7.63. The number of hydrogen-bond acceptors (Lipinski definition) is 5. The van der Waals surface area contributed by atoms with Crippen LogP contribution in [-0.4, -0.2) is 35.0 Å². The molecule has 0 aromatic carbocycles. The predicted molar refractivity (Wildman–Crippen MR) is 43.1 cm³/mol. The third-order valence-corrected chi connectivity index (χ3v) is 2.40. The van der Waals surface area contributed by atoms with E-state index in [4.69, 9.17) is 9.84 Å². The number of carbonyl (C=O) groups is 1. The molecule has 1 N–H and O–H groups in total. The summed E-state index contributed by atoms with van der Waals surface area (Å²) in [5.74, 6) is -1.31. The van der Waals surface area contributed by atoms with Crippen molar-refractivity contribution in [3.8, 4) is 0 Å². The lowest BCUT2D eigenvalue weighted by molar-refractivity contribution is -0.776. The molecular weight excluding hydrogens is 194 g/mol. The van der Waals surface area contributed by atoms with Gasteiger partial charge in [0.25, 0.3) is 5.09 Å². The van der Waals surface area contributed by atoms with E-state index in [0.717, 1.165) is 0 Å². The third-order valence-electron chi connectivity index (χ3n) is 2.40. The molecule has 1 fully saturated rings.